The maximum absolute atomic E-state index is 14.9. The fourth-order valence-corrected chi connectivity index (χ4v) is 4.35. The molecule has 0 bridgehead atoms. The van der Waals surface area contributed by atoms with Gasteiger partial charge in [-0.05, 0) is 54.8 Å². The number of allylic oxidation sites excluding steroid dienone is 1. The van der Waals surface area contributed by atoms with Crippen molar-refractivity contribution in [3.63, 3.8) is 0 Å². The van der Waals surface area contributed by atoms with E-state index in [-0.39, 0.29) is 17.2 Å². The molecule has 0 saturated heterocycles. The predicted molar refractivity (Wildman–Crippen MR) is 139 cm³/mol. The van der Waals surface area contributed by atoms with Gasteiger partial charge in [0.2, 0.25) is 5.91 Å². The Morgan fingerprint density at radius 1 is 0.826 bits per heavy atom. The van der Waals surface area contributed by atoms with Crippen LogP contribution < -0.4 is 14.8 Å². The monoisotopic (exact) mass is 673 g/mol. The van der Waals surface area contributed by atoms with Crippen LogP contribution in [0.5, 0.6) is 11.5 Å². The number of halogens is 12. The van der Waals surface area contributed by atoms with E-state index < -0.39 is 89.2 Å². The van der Waals surface area contributed by atoms with Crippen LogP contribution in [0.4, 0.5) is 52.7 Å². The highest BCUT2D eigenvalue weighted by atomic mass is 19.4. The molecule has 4 nitrogen and oxygen atoms in total. The Morgan fingerprint density at radius 2 is 1.43 bits per heavy atom. The number of amides is 1. The molecule has 1 N–H and O–H groups in total. The van der Waals surface area contributed by atoms with Crippen molar-refractivity contribution in [1.29, 1.82) is 0 Å². The van der Waals surface area contributed by atoms with Gasteiger partial charge in [0.15, 0.2) is 11.6 Å². The predicted octanol–water partition coefficient (Wildman–Crippen LogP) is 8.64. The fraction of sp³-hybridized carbons (Fsp3) is 0.300. The first-order valence-corrected chi connectivity index (χ1v) is 13.0. The topological polar surface area (TPSA) is 47.6 Å². The largest absolute Gasteiger partial charge is 0.488 e. The summed E-state index contributed by atoms with van der Waals surface area (Å²) in [5.74, 6) is -6.30. The van der Waals surface area contributed by atoms with E-state index in [0.29, 0.717) is 12.1 Å². The summed E-state index contributed by atoms with van der Waals surface area (Å²) in [6, 6.07) is 11.0. The minimum Gasteiger partial charge on any atom is -0.488 e. The fourth-order valence-electron chi connectivity index (χ4n) is 4.35. The summed E-state index contributed by atoms with van der Waals surface area (Å²) in [4.78, 5) is 13.1. The Balaban J connectivity index is 2.41. The summed E-state index contributed by atoms with van der Waals surface area (Å²) in [5.41, 5.74) is -6.60. The van der Waals surface area contributed by atoms with E-state index in [2.05, 4.69) is 4.74 Å². The van der Waals surface area contributed by atoms with Crippen LogP contribution in [0.3, 0.4) is 0 Å². The molecule has 3 aromatic rings. The summed E-state index contributed by atoms with van der Waals surface area (Å²) in [6.07, 6.45) is -23.9. The van der Waals surface area contributed by atoms with Crippen molar-refractivity contribution in [3.8, 4) is 11.5 Å². The van der Waals surface area contributed by atoms with Crippen molar-refractivity contribution < 1.29 is 67.0 Å². The van der Waals surface area contributed by atoms with Crippen LogP contribution in [0, 0.1) is 11.6 Å². The van der Waals surface area contributed by atoms with E-state index in [1.807, 2.05) is 5.32 Å². The van der Waals surface area contributed by atoms with E-state index in [9.17, 15) is 57.5 Å². The molecule has 250 valence electrons. The molecule has 0 aliphatic carbocycles. The normalized spacial score (nSPS) is 13.7. The van der Waals surface area contributed by atoms with Crippen LogP contribution in [0.1, 0.15) is 30.5 Å². The van der Waals surface area contributed by atoms with Gasteiger partial charge in [0.25, 0.3) is 0 Å². The molecular formula is C30H23F12NO3. The summed E-state index contributed by atoms with van der Waals surface area (Å²) in [7, 11) is 0. The number of rotatable bonds is 11. The number of carbonyl (C=O) groups is 1. The van der Waals surface area contributed by atoms with Crippen LogP contribution in [0.15, 0.2) is 78.4 Å². The molecule has 46 heavy (non-hydrogen) atoms. The minimum atomic E-state index is -6.08. The van der Waals surface area contributed by atoms with E-state index in [1.165, 1.54) is 44.2 Å². The molecule has 0 aliphatic heterocycles. The SMILES string of the molecule is CC(C)Oc1cc([C@@](Cc2ccccc2)(NC(=O)C=C(C(F)(F)F)C(F)(F)F)c2cc(F)cc(OC(F)(F)C(F)F)c2)ccc1F. The van der Waals surface area contributed by atoms with Crippen LogP contribution in [0.25, 0.3) is 0 Å². The second-order valence-electron chi connectivity index (χ2n) is 10.1. The average molecular weight is 673 g/mol. The van der Waals surface area contributed by atoms with Gasteiger partial charge in [-0.15, -0.1) is 0 Å². The Labute approximate surface area is 253 Å². The molecule has 3 aromatic carbocycles. The van der Waals surface area contributed by atoms with E-state index >= 15 is 0 Å². The number of hydrogen-bond donors (Lipinski definition) is 1. The van der Waals surface area contributed by atoms with Gasteiger partial charge in [-0.2, -0.15) is 43.9 Å². The van der Waals surface area contributed by atoms with Crippen molar-refractivity contribution in [2.24, 2.45) is 0 Å². The lowest BCUT2D eigenvalue weighted by Crippen LogP contribution is -2.48. The lowest BCUT2D eigenvalue weighted by atomic mass is 9.77. The van der Waals surface area contributed by atoms with Gasteiger partial charge in [-0.1, -0.05) is 36.4 Å². The summed E-state index contributed by atoms with van der Waals surface area (Å²) in [5, 5.41) is 1.98. The lowest BCUT2D eigenvalue weighted by Gasteiger charge is -2.37. The Bertz CT molecular complexity index is 1540. The minimum absolute atomic E-state index is 0.180. The first kappa shape index (κ1) is 36.1. The molecule has 1 amide bonds. The third-order valence-corrected chi connectivity index (χ3v) is 6.19. The zero-order chi connectivity index (χ0) is 34.7. The first-order valence-electron chi connectivity index (χ1n) is 13.0. The van der Waals surface area contributed by atoms with E-state index in [4.69, 9.17) is 4.74 Å². The lowest BCUT2D eigenvalue weighted by molar-refractivity contribution is -0.253. The first-order chi connectivity index (χ1) is 21.1. The van der Waals surface area contributed by atoms with Crippen LogP contribution in [-0.2, 0) is 16.8 Å². The van der Waals surface area contributed by atoms with Crippen LogP contribution >= 0.6 is 0 Å². The molecule has 0 aliphatic rings. The second-order valence-corrected chi connectivity index (χ2v) is 10.1. The summed E-state index contributed by atoms with van der Waals surface area (Å²) >= 11 is 0. The third kappa shape index (κ3) is 8.88. The molecule has 0 aromatic heterocycles. The summed E-state index contributed by atoms with van der Waals surface area (Å²) in [6.45, 7) is 2.95. The number of carbonyl (C=O) groups excluding carboxylic acids is 1. The van der Waals surface area contributed by atoms with Gasteiger partial charge in [0, 0.05) is 18.6 Å². The van der Waals surface area contributed by atoms with Crippen molar-refractivity contribution >= 4 is 5.91 Å². The molecule has 0 radical (unpaired) electrons. The van der Waals surface area contributed by atoms with Gasteiger partial charge in [0.1, 0.15) is 17.1 Å². The molecular weight excluding hydrogens is 650 g/mol. The Hall–Kier alpha value is -4.37. The van der Waals surface area contributed by atoms with E-state index in [0.717, 1.165) is 18.2 Å². The number of alkyl halides is 10. The van der Waals surface area contributed by atoms with E-state index in [1.54, 1.807) is 0 Å². The molecule has 16 heteroatoms. The number of nitrogens with one attached hydrogen (secondary N) is 1. The molecule has 3 rings (SSSR count). The maximum atomic E-state index is 14.9. The quantitative estimate of drug-likeness (QED) is 0.164. The number of ether oxygens (including phenoxy) is 2. The molecule has 0 heterocycles. The zero-order valence-electron chi connectivity index (χ0n) is 23.6. The smallest absolute Gasteiger partial charge is 0.461 e. The van der Waals surface area contributed by atoms with Crippen molar-refractivity contribution in [1.82, 2.24) is 5.32 Å². The molecule has 0 fully saturated rings. The van der Waals surface area contributed by atoms with Gasteiger partial charge >= 0.3 is 24.9 Å². The molecule has 1 atom stereocenters. The van der Waals surface area contributed by atoms with Crippen molar-refractivity contribution in [2.75, 3.05) is 0 Å². The van der Waals surface area contributed by atoms with Crippen molar-refractivity contribution in [2.45, 2.75) is 56.8 Å². The standard InChI is InChI=1S/C30H23F12NO3/c1-16(2)45-23-12-18(8-9-22(23)32)27(15-17-6-4-3-5-7-17,43-25(44)14-24(28(35,36)37)29(38,39)40)19-10-20(31)13-21(11-19)46-30(41,42)26(33)34/h3-14,16,26H,15H2,1-2H3,(H,43,44)/t27-/m1/s1. The van der Waals surface area contributed by atoms with Gasteiger partial charge < -0.3 is 14.8 Å². The maximum Gasteiger partial charge on any atom is 0.461 e. The second kappa shape index (κ2) is 13.5. The highest BCUT2D eigenvalue weighted by Gasteiger charge is 2.52. The third-order valence-electron chi connectivity index (χ3n) is 6.19. The Kier molecular flexibility index (Phi) is 10.6. The Morgan fingerprint density at radius 3 is 1.98 bits per heavy atom. The number of benzene rings is 3. The molecule has 0 unspecified atom stereocenters. The number of hydrogen-bond acceptors (Lipinski definition) is 3. The molecule has 0 saturated carbocycles. The van der Waals surface area contributed by atoms with Gasteiger partial charge in [-0.25, -0.2) is 8.78 Å². The van der Waals surface area contributed by atoms with Gasteiger partial charge in [-0.3, -0.25) is 4.79 Å². The summed E-state index contributed by atoms with van der Waals surface area (Å²) < 4.78 is 172. The van der Waals surface area contributed by atoms with Crippen LogP contribution in [-0.4, -0.2) is 36.9 Å². The zero-order valence-corrected chi connectivity index (χ0v) is 23.6. The highest BCUT2D eigenvalue weighted by molar-refractivity contribution is 5.90. The highest BCUT2D eigenvalue weighted by Crippen LogP contribution is 2.41. The molecule has 0 spiro atoms. The van der Waals surface area contributed by atoms with Crippen LogP contribution in [0.2, 0.25) is 0 Å². The van der Waals surface area contributed by atoms with Crippen molar-refractivity contribution in [3.05, 3.63) is 107 Å². The van der Waals surface area contributed by atoms with Gasteiger partial charge in [0.05, 0.1) is 11.6 Å². The average Bonchev–Trinajstić information content (AvgIpc) is 2.91.